The minimum atomic E-state index is -5.23. The van der Waals surface area contributed by atoms with Crippen molar-refractivity contribution in [2.45, 2.75) is 202 Å². The van der Waals surface area contributed by atoms with Gasteiger partial charge in [0.1, 0.15) is 42.4 Å². The standard InChI is InChI=1S/C50H80N8O20S/c1-3-4-5-6-7-8-9-10-11-12-13-14-15-16-39(66)52-30-22-36(64)46(70)56-48(72)42-43(67)27(2)24-58(42)50(74)41(35(63)23-38(51)65)55-47(71)40(34(62)19-28-17-18-33(61)37(20-28)78-79(75,76)77)54-45(69)32-21-29(60)25-57(32)49(73)31(26-59)53-44(30)68/h17-18,20,27,29-32,34-36,40-43,46,59-64,67,70H,3-16,19,21-26H2,1-2H3,(H2,51,65)(H,52,66)(H,53,68)(H,54,69)(H,55,71)(H,56,72)(H,75,76,77). The third kappa shape index (κ3) is 20.1. The summed E-state index contributed by atoms with van der Waals surface area (Å²) in [6.45, 7) is 1.31. The number of fused-ring (bicyclic) bond motifs is 2. The van der Waals surface area contributed by atoms with E-state index in [4.69, 9.17) is 5.73 Å². The SMILES string of the molecule is CCCCCCCCCCCCCCCC(=O)NC1CC(O)C(O)NC(=O)C2C(O)C(C)CN2C(=O)C(C(O)CC(N)=O)NC(=O)C(C(O)Cc2ccc(O)c(OS(=O)(=O)O)c2)NC(=O)C2CC(O)CN2C(=O)C(CO)NC1=O. The van der Waals surface area contributed by atoms with Gasteiger partial charge in [0.2, 0.25) is 47.3 Å². The molecule has 13 atom stereocenters. The number of primary amides is 1. The molecule has 4 rings (SSSR count). The van der Waals surface area contributed by atoms with E-state index in [0.29, 0.717) is 17.7 Å². The number of benzene rings is 1. The lowest BCUT2D eigenvalue weighted by Crippen LogP contribution is -2.64. The number of phenolic OH excluding ortho intramolecular Hbond substituents is 1. The molecule has 3 saturated heterocycles. The summed E-state index contributed by atoms with van der Waals surface area (Å²) < 4.78 is 36.6. The number of aliphatic hydroxyl groups is 7. The van der Waals surface area contributed by atoms with Crippen molar-refractivity contribution in [2.24, 2.45) is 11.7 Å². The van der Waals surface area contributed by atoms with Crippen molar-refractivity contribution in [1.82, 2.24) is 36.4 Å². The van der Waals surface area contributed by atoms with Gasteiger partial charge in [0.05, 0.1) is 37.4 Å². The summed E-state index contributed by atoms with van der Waals surface area (Å²) in [5.41, 5.74) is 5.20. The van der Waals surface area contributed by atoms with E-state index in [9.17, 15) is 92.2 Å². The topological polar surface area (TPSA) is 455 Å². The van der Waals surface area contributed by atoms with Crippen molar-refractivity contribution in [3.05, 3.63) is 23.8 Å². The Kier molecular flexibility index (Phi) is 26.0. The second kappa shape index (κ2) is 31.3. The average molecular weight is 1150 g/mol. The molecule has 28 nitrogen and oxygen atoms in total. The van der Waals surface area contributed by atoms with Crippen LogP contribution in [0.4, 0.5) is 0 Å². The van der Waals surface area contributed by atoms with Crippen LogP contribution in [-0.2, 0) is 55.2 Å². The first-order chi connectivity index (χ1) is 37.3. The molecule has 16 N–H and O–H groups in total. The zero-order valence-electron chi connectivity index (χ0n) is 44.5. The molecule has 0 spiro atoms. The summed E-state index contributed by atoms with van der Waals surface area (Å²) in [7, 11) is -5.23. The number of carbonyl (C=O) groups is 8. The zero-order chi connectivity index (χ0) is 58.7. The molecule has 3 aliphatic heterocycles. The number of aromatic hydroxyl groups is 1. The second-order valence-corrected chi connectivity index (χ2v) is 21.7. The molecule has 3 fully saturated rings. The van der Waals surface area contributed by atoms with Gasteiger partial charge >= 0.3 is 10.4 Å². The smallest absolute Gasteiger partial charge is 0.446 e. The maximum absolute atomic E-state index is 14.5. The highest BCUT2D eigenvalue weighted by Gasteiger charge is 2.50. The van der Waals surface area contributed by atoms with Gasteiger partial charge in [0.25, 0.3) is 0 Å². The Morgan fingerprint density at radius 1 is 0.759 bits per heavy atom. The number of rotatable bonds is 24. The highest BCUT2D eigenvalue weighted by atomic mass is 32.3. The average Bonchev–Trinajstić information content (AvgIpc) is 3.99. The molecule has 0 radical (unpaired) electrons. The fourth-order valence-corrected chi connectivity index (χ4v) is 10.3. The van der Waals surface area contributed by atoms with Crippen LogP contribution in [0.1, 0.15) is 129 Å². The second-order valence-electron chi connectivity index (χ2n) is 20.7. The van der Waals surface area contributed by atoms with Crippen LogP contribution in [0.15, 0.2) is 18.2 Å². The first-order valence-corrected chi connectivity index (χ1v) is 28.2. The van der Waals surface area contributed by atoms with Gasteiger partial charge < -0.3 is 87.2 Å². The molecule has 0 aliphatic carbocycles. The largest absolute Gasteiger partial charge is 0.504 e. The van der Waals surface area contributed by atoms with Gasteiger partial charge in [-0.2, -0.15) is 8.42 Å². The summed E-state index contributed by atoms with van der Waals surface area (Å²) in [6, 6.07) is -9.25. The van der Waals surface area contributed by atoms with Crippen molar-refractivity contribution in [3.8, 4) is 11.5 Å². The number of nitrogens with one attached hydrogen (secondary N) is 5. The summed E-state index contributed by atoms with van der Waals surface area (Å²) in [4.78, 5) is 112. The maximum Gasteiger partial charge on any atom is 0.446 e. The fraction of sp³-hybridized carbons (Fsp3) is 0.720. The number of amides is 8. The molecule has 29 heteroatoms. The van der Waals surface area contributed by atoms with E-state index in [-0.39, 0.29) is 12.0 Å². The van der Waals surface area contributed by atoms with Crippen LogP contribution in [0.5, 0.6) is 11.5 Å². The normalized spacial score (nSPS) is 27.6. The number of nitrogens with zero attached hydrogens (tertiary/aromatic N) is 2. The van der Waals surface area contributed by atoms with Crippen LogP contribution in [-0.4, -0.2) is 204 Å². The Hall–Kier alpha value is -5.79. The van der Waals surface area contributed by atoms with E-state index in [1.54, 1.807) is 0 Å². The van der Waals surface area contributed by atoms with Crippen LogP contribution < -0.4 is 36.5 Å². The van der Waals surface area contributed by atoms with E-state index in [0.717, 1.165) is 55.2 Å². The van der Waals surface area contributed by atoms with Gasteiger partial charge in [0, 0.05) is 44.7 Å². The minimum Gasteiger partial charge on any atom is -0.504 e. The first kappa shape index (κ1) is 65.7. The van der Waals surface area contributed by atoms with Crippen LogP contribution >= 0.6 is 0 Å². The Labute approximate surface area is 458 Å². The summed E-state index contributed by atoms with van der Waals surface area (Å²) >= 11 is 0. The van der Waals surface area contributed by atoms with E-state index in [1.165, 1.54) is 45.4 Å². The van der Waals surface area contributed by atoms with Gasteiger partial charge in [-0.3, -0.25) is 42.9 Å². The number of carbonyl (C=O) groups excluding carboxylic acids is 8. The number of phenols is 1. The lowest BCUT2D eigenvalue weighted by molar-refractivity contribution is -0.148. The predicted molar refractivity (Wildman–Crippen MR) is 277 cm³/mol. The molecular formula is C50H80N8O20S. The molecule has 3 aliphatic rings. The lowest BCUT2D eigenvalue weighted by atomic mass is 9.98. The van der Waals surface area contributed by atoms with Gasteiger partial charge in [0.15, 0.2) is 17.7 Å². The third-order valence-electron chi connectivity index (χ3n) is 14.2. The lowest BCUT2D eigenvalue weighted by Gasteiger charge is -2.33. The van der Waals surface area contributed by atoms with Crippen LogP contribution in [0.25, 0.3) is 0 Å². The number of hydrogen-bond donors (Lipinski definition) is 15. The van der Waals surface area contributed by atoms with Gasteiger partial charge in [-0.05, 0) is 24.1 Å². The van der Waals surface area contributed by atoms with Gasteiger partial charge in [-0.25, -0.2) is 0 Å². The maximum atomic E-state index is 14.5. The van der Waals surface area contributed by atoms with Crippen molar-refractivity contribution < 1.29 is 96.4 Å². The number of unbranched alkanes of at least 4 members (excludes halogenated alkanes) is 12. The van der Waals surface area contributed by atoms with Crippen LogP contribution in [0.2, 0.25) is 0 Å². The van der Waals surface area contributed by atoms with Crippen molar-refractivity contribution >= 4 is 57.7 Å². The quantitative estimate of drug-likeness (QED) is 0.0353. The Balaban J connectivity index is 1.69. The third-order valence-corrected chi connectivity index (χ3v) is 14.6. The number of nitrogens with two attached hydrogens (primary N) is 1. The highest BCUT2D eigenvalue weighted by molar-refractivity contribution is 7.81. The number of hydrogen-bond acceptors (Lipinski definition) is 19. The molecule has 3 heterocycles. The van der Waals surface area contributed by atoms with Gasteiger partial charge in [-0.15, -0.1) is 0 Å². The minimum absolute atomic E-state index is 0.0933. The predicted octanol–water partition coefficient (Wildman–Crippen LogP) is -3.50. The molecule has 446 valence electrons. The molecule has 1 aromatic rings. The summed E-state index contributed by atoms with van der Waals surface area (Å²) in [5, 5.41) is 99.3. The highest BCUT2D eigenvalue weighted by Crippen LogP contribution is 2.30. The molecule has 0 bridgehead atoms. The molecule has 0 aromatic heterocycles. The van der Waals surface area contributed by atoms with Crippen LogP contribution in [0.3, 0.4) is 0 Å². The molecule has 13 unspecified atom stereocenters. The monoisotopic (exact) mass is 1140 g/mol. The number of aliphatic hydroxyl groups excluding tert-OH is 7. The summed E-state index contributed by atoms with van der Waals surface area (Å²) in [5.74, 6) is -12.4. The van der Waals surface area contributed by atoms with Crippen molar-refractivity contribution in [1.29, 1.82) is 0 Å². The Bertz CT molecular complexity index is 2370. The Morgan fingerprint density at radius 3 is 1.94 bits per heavy atom. The first-order valence-electron chi connectivity index (χ1n) is 26.8. The summed E-state index contributed by atoms with van der Waals surface area (Å²) in [6.07, 6.45) is -1.90. The Morgan fingerprint density at radius 2 is 1.35 bits per heavy atom. The van der Waals surface area contributed by atoms with Crippen LogP contribution in [0, 0.1) is 5.92 Å². The van der Waals surface area contributed by atoms with E-state index in [2.05, 4.69) is 37.7 Å². The zero-order valence-corrected chi connectivity index (χ0v) is 45.3. The molecule has 8 amide bonds. The van der Waals surface area contributed by atoms with E-state index in [1.807, 2.05) is 0 Å². The molecular weight excluding hydrogens is 1060 g/mol. The fourth-order valence-electron chi connectivity index (χ4n) is 9.89. The molecule has 1 aromatic carbocycles. The molecule has 79 heavy (non-hydrogen) atoms. The van der Waals surface area contributed by atoms with Gasteiger partial charge in [-0.1, -0.05) is 97.0 Å². The van der Waals surface area contributed by atoms with E-state index >= 15 is 0 Å². The molecule has 0 saturated carbocycles. The van der Waals surface area contributed by atoms with E-state index < -0.39 is 193 Å². The van der Waals surface area contributed by atoms with Crippen molar-refractivity contribution in [2.75, 3.05) is 19.7 Å². The van der Waals surface area contributed by atoms with Crippen molar-refractivity contribution in [3.63, 3.8) is 0 Å².